The normalized spacial score (nSPS) is 13.8. The molecule has 0 fully saturated rings. The van der Waals surface area contributed by atoms with Gasteiger partial charge in [0.25, 0.3) is 0 Å². The van der Waals surface area contributed by atoms with Gasteiger partial charge in [-0.2, -0.15) is 0 Å². The van der Waals surface area contributed by atoms with Gasteiger partial charge in [-0.25, -0.2) is 18.0 Å². The predicted octanol–water partition coefficient (Wildman–Crippen LogP) is 3.05. The van der Waals surface area contributed by atoms with Crippen LogP contribution in [0.1, 0.15) is 38.9 Å². The van der Waals surface area contributed by atoms with E-state index >= 15 is 0 Å². The number of aliphatic hydroxyl groups is 1. The number of halogens is 3. The third-order valence-electron chi connectivity index (χ3n) is 2.78. The molecule has 0 aliphatic carbocycles. The molecule has 7 heteroatoms. The number of nitrogens with one attached hydrogen (secondary N) is 1. The summed E-state index contributed by atoms with van der Waals surface area (Å²) in [6, 6.07) is -0.293. The smallest absolute Gasteiger partial charge is 0.408 e. The van der Waals surface area contributed by atoms with Crippen LogP contribution >= 0.6 is 0 Å². The van der Waals surface area contributed by atoms with Crippen molar-refractivity contribution in [2.24, 2.45) is 0 Å². The van der Waals surface area contributed by atoms with Crippen LogP contribution in [0.3, 0.4) is 0 Å². The van der Waals surface area contributed by atoms with Gasteiger partial charge in [0, 0.05) is 18.1 Å². The summed E-state index contributed by atoms with van der Waals surface area (Å²) in [5.74, 6) is -1.64. The molecule has 0 aliphatic rings. The molecule has 2 N–H and O–H groups in total. The number of hydrogen-bond donors (Lipinski definition) is 2. The summed E-state index contributed by atoms with van der Waals surface area (Å²) < 4.78 is 44.9. The van der Waals surface area contributed by atoms with Crippen molar-refractivity contribution in [1.29, 1.82) is 0 Å². The summed E-state index contributed by atoms with van der Waals surface area (Å²) in [6.45, 7) is 4.90. The number of carbonyl (C=O) groups excluding carboxylic acids is 1. The first-order chi connectivity index (χ1) is 10.5. The number of benzene rings is 1. The zero-order valence-electron chi connectivity index (χ0n) is 13.0. The maximum absolute atomic E-state index is 13.7. The van der Waals surface area contributed by atoms with Crippen molar-refractivity contribution in [3.63, 3.8) is 0 Å². The van der Waals surface area contributed by atoms with Crippen molar-refractivity contribution < 1.29 is 27.8 Å². The van der Waals surface area contributed by atoms with Crippen molar-refractivity contribution >= 4 is 6.09 Å². The van der Waals surface area contributed by atoms with Crippen LogP contribution in [-0.2, 0) is 4.74 Å². The van der Waals surface area contributed by atoms with E-state index in [1.165, 1.54) is 0 Å². The Morgan fingerprint density at radius 2 is 1.87 bits per heavy atom. The topological polar surface area (TPSA) is 58.6 Å². The second-order valence-corrected chi connectivity index (χ2v) is 5.89. The molecule has 0 aliphatic heterocycles. The lowest BCUT2D eigenvalue weighted by Crippen LogP contribution is -2.42. The minimum Gasteiger partial charge on any atom is -0.444 e. The number of aliphatic hydroxyl groups excluding tert-OH is 1. The second-order valence-electron chi connectivity index (χ2n) is 5.89. The average molecular weight is 329 g/mol. The molecule has 1 aromatic carbocycles. The molecule has 0 saturated carbocycles. The van der Waals surface area contributed by atoms with E-state index in [-0.39, 0.29) is 6.42 Å². The Labute approximate surface area is 132 Å². The number of amides is 1. The molecule has 1 rings (SSSR count). The van der Waals surface area contributed by atoms with E-state index < -0.39 is 46.9 Å². The molecule has 1 amide bonds. The van der Waals surface area contributed by atoms with Gasteiger partial charge in [-0.3, -0.25) is 0 Å². The van der Waals surface area contributed by atoms with Crippen LogP contribution < -0.4 is 5.32 Å². The van der Waals surface area contributed by atoms with Gasteiger partial charge in [0.15, 0.2) is 11.6 Å². The number of carbonyl (C=O) groups is 1. The summed E-state index contributed by atoms with van der Waals surface area (Å²) >= 11 is 0. The Bertz CT molecular complexity index is 620. The lowest BCUT2D eigenvalue weighted by molar-refractivity contribution is 0.0421. The highest BCUT2D eigenvalue weighted by atomic mass is 19.2. The predicted molar refractivity (Wildman–Crippen MR) is 77.9 cm³/mol. The van der Waals surface area contributed by atoms with Gasteiger partial charge in [0.1, 0.15) is 17.5 Å². The van der Waals surface area contributed by atoms with E-state index in [2.05, 4.69) is 11.2 Å². The van der Waals surface area contributed by atoms with E-state index in [0.29, 0.717) is 12.1 Å². The van der Waals surface area contributed by atoms with Crippen LogP contribution in [0.25, 0.3) is 0 Å². The first-order valence-corrected chi connectivity index (χ1v) is 6.80. The Morgan fingerprint density at radius 3 is 2.39 bits per heavy atom. The standard InChI is InChI=1S/C16H18F3NO3/c1-5-6-13(20-15(22)23-16(2,3)4)14(21)9-7-11(18)12(19)8-10(9)17/h1,7-8,13-14,21H,6H2,2-4H3,(H,20,22)/t13-,14+/m0/s1. The lowest BCUT2D eigenvalue weighted by atomic mass is 9.99. The third-order valence-corrected chi connectivity index (χ3v) is 2.78. The highest BCUT2D eigenvalue weighted by Crippen LogP contribution is 2.24. The molecular formula is C16H18F3NO3. The molecular weight excluding hydrogens is 311 g/mol. The van der Waals surface area contributed by atoms with Gasteiger partial charge >= 0.3 is 6.09 Å². The molecule has 0 spiro atoms. The van der Waals surface area contributed by atoms with E-state index in [1.54, 1.807) is 20.8 Å². The second kappa shape index (κ2) is 7.38. The molecule has 4 nitrogen and oxygen atoms in total. The van der Waals surface area contributed by atoms with E-state index in [9.17, 15) is 23.1 Å². The monoisotopic (exact) mass is 329 g/mol. The van der Waals surface area contributed by atoms with E-state index in [1.807, 2.05) is 0 Å². The fraction of sp³-hybridized carbons (Fsp3) is 0.438. The van der Waals surface area contributed by atoms with E-state index in [0.717, 1.165) is 0 Å². The average Bonchev–Trinajstić information content (AvgIpc) is 2.39. The van der Waals surface area contributed by atoms with Gasteiger partial charge in [-0.1, -0.05) is 0 Å². The summed E-state index contributed by atoms with van der Waals surface area (Å²) in [5.41, 5.74) is -1.30. The molecule has 1 aromatic rings. The third kappa shape index (κ3) is 5.49. The molecule has 0 aromatic heterocycles. The van der Waals surface area contributed by atoms with Crippen molar-refractivity contribution in [1.82, 2.24) is 5.32 Å². The summed E-state index contributed by atoms with van der Waals surface area (Å²) in [6.07, 6.45) is 2.44. The van der Waals surface area contributed by atoms with E-state index in [4.69, 9.17) is 11.2 Å². The Kier molecular flexibility index (Phi) is 6.05. The zero-order valence-corrected chi connectivity index (χ0v) is 13.0. The van der Waals surface area contributed by atoms with Gasteiger partial charge in [-0.15, -0.1) is 12.3 Å². The largest absolute Gasteiger partial charge is 0.444 e. The van der Waals surface area contributed by atoms with Gasteiger partial charge in [0.05, 0.1) is 6.04 Å². The highest BCUT2D eigenvalue weighted by molar-refractivity contribution is 5.68. The van der Waals surface area contributed by atoms with Crippen molar-refractivity contribution in [3.8, 4) is 12.3 Å². The Balaban J connectivity index is 2.99. The summed E-state index contributed by atoms with van der Waals surface area (Å²) in [5, 5.41) is 12.5. The molecule has 23 heavy (non-hydrogen) atoms. The summed E-state index contributed by atoms with van der Waals surface area (Å²) in [4.78, 5) is 11.7. The molecule has 126 valence electrons. The molecule has 0 unspecified atom stereocenters. The highest BCUT2D eigenvalue weighted by Gasteiger charge is 2.28. The number of ether oxygens (including phenoxy) is 1. The number of terminal acetylenes is 1. The quantitative estimate of drug-likeness (QED) is 0.659. The molecule has 2 atom stereocenters. The van der Waals surface area contributed by atoms with Crippen LogP contribution in [0, 0.1) is 29.8 Å². The Morgan fingerprint density at radius 1 is 1.30 bits per heavy atom. The van der Waals surface area contributed by atoms with Crippen LogP contribution in [0.15, 0.2) is 12.1 Å². The van der Waals surface area contributed by atoms with Crippen LogP contribution in [-0.4, -0.2) is 22.8 Å². The number of rotatable bonds is 4. The molecule has 0 bridgehead atoms. The first kappa shape index (κ1) is 18.8. The van der Waals surface area contributed by atoms with Crippen molar-refractivity contribution in [3.05, 3.63) is 35.1 Å². The number of hydrogen-bond acceptors (Lipinski definition) is 3. The maximum Gasteiger partial charge on any atom is 0.408 e. The molecule has 0 radical (unpaired) electrons. The summed E-state index contributed by atoms with van der Waals surface area (Å²) in [7, 11) is 0. The minimum absolute atomic E-state index is 0.168. The fourth-order valence-electron chi connectivity index (χ4n) is 1.81. The zero-order chi connectivity index (χ0) is 17.8. The van der Waals surface area contributed by atoms with Crippen LogP contribution in [0.2, 0.25) is 0 Å². The van der Waals surface area contributed by atoms with Crippen LogP contribution in [0.4, 0.5) is 18.0 Å². The van der Waals surface area contributed by atoms with Crippen molar-refractivity contribution in [2.45, 2.75) is 44.9 Å². The van der Waals surface area contributed by atoms with Gasteiger partial charge in [-0.05, 0) is 26.8 Å². The fourth-order valence-corrected chi connectivity index (χ4v) is 1.81. The first-order valence-electron chi connectivity index (χ1n) is 6.80. The lowest BCUT2D eigenvalue weighted by Gasteiger charge is -2.26. The van der Waals surface area contributed by atoms with Gasteiger partial charge in [0.2, 0.25) is 0 Å². The van der Waals surface area contributed by atoms with Gasteiger partial charge < -0.3 is 15.2 Å². The van der Waals surface area contributed by atoms with Crippen LogP contribution in [0.5, 0.6) is 0 Å². The molecule has 0 heterocycles. The SMILES string of the molecule is C#CC[C@H](NC(=O)OC(C)(C)C)[C@H](O)c1cc(F)c(F)cc1F. The molecule has 0 saturated heterocycles. The number of alkyl carbamates (subject to hydrolysis) is 1. The maximum atomic E-state index is 13.7. The van der Waals surface area contributed by atoms with Crippen molar-refractivity contribution in [2.75, 3.05) is 0 Å². The minimum atomic E-state index is -1.67. The Hall–Kier alpha value is -2.20.